The molecule has 0 aliphatic carbocycles. The van der Waals surface area contributed by atoms with Crippen LogP contribution in [0.5, 0.6) is 5.75 Å². The average molecular weight is 248 g/mol. The van der Waals surface area contributed by atoms with E-state index in [9.17, 15) is 5.11 Å². The van der Waals surface area contributed by atoms with E-state index in [4.69, 9.17) is 0 Å². The molecule has 0 fully saturated rings. The predicted molar refractivity (Wildman–Crippen MR) is 79.5 cm³/mol. The molecule has 94 valence electrons. The van der Waals surface area contributed by atoms with Gasteiger partial charge in [-0.05, 0) is 35.4 Å². The SMILES string of the molecule is Oc1ccc(CCc2ccccc2)c2ccccc12. The Morgan fingerprint density at radius 1 is 0.632 bits per heavy atom. The molecule has 0 unspecified atom stereocenters. The van der Waals surface area contributed by atoms with Crippen molar-refractivity contribution < 1.29 is 5.11 Å². The number of fused-ring (bicyclic) bond motifs is 1. The Hall–Kier alpha value is -2.28. The fourth-order valence-corrected chi connectivity index (χ4v) is 2.49. The fourth-order valence-electron chi connectivity index (χ4n) is 2.49. The van der Waals surface area contributed by atoms with E-state index in [1.807, 2.05) is 30.3 Å². The summed E-state index contributed by atoms with van der Waals surface area (Å²) < 4.78 is 0. The largest absolute Gasteiger partial charge is 0.507 e. The van der Waals surface area contributed by atoms with Crippen LogP contribution >= 0.6 is 0 Å². The second-order valence-electron chi connectivity index (χ2n) is 4.77. The van der Waals surface area contributed by atoms with Crippen molar-refractivity contribution in [1.82, 2.24) is 0 Å². The van der Waals surface area contributed by atoms with Crippen LogP contribution in [0.15, 0.2) is 66.7 Å². The van der Waals surface area contributed by atoms with Gasteiger partial charge in [-0.2, -0.15) is 0 Å². The van der Waals surface area contributed by atoms with Crippen molar-refractivity contribution in [2.45, 2.75) is 12.8 Å². The maximum atomic E-state index is 9.88. The Kier molecular flexibility index (Phi) is 3.20. The van der Waals surface area contributed by atoms with E-state index in [1.165, 1.54) is 11.1 Å². The normalized spacial score (nSPS) is 10.7. The lowest BCUT2D eigenvalue weighted by Gasteiger charge is -2.08. The maximum Gasteiger partial charge on any atom is 0.123 e. The third kappa shape index (κ3) is 2.45. The van der Waals surface area contributed by atoms with Crippen LogP contribution in [0.4, 0.5) is 0 Å². The summed E-state index contributed by atoms with van der Waals surface area (Å²) in [5, 5.41) is 12.0. The molecular formula is C18H16O. The minimum atomic E-state index is 0.360. The van der Waals surface area contributed by atoms with Crippen LogP contribution in [-0.2, 0) is 12.8 Å². The van der Waals surface area contributed by atoms with E-state index in [0.717, 1.165) is 23.6 Å². The Labute approximate surface area is 113 Å². The first-order valence-corrected chi connectivity index (χ1v) is 6.58. The van der Waals surface area contributed by atoms with E-state index >= 15 is 0 Å². The monoisotopic (exact) mass is 248 g/mol. The van der Waals surface area contributed by atoms with Gasteiger partial charge in [0.15, 0.2) is 0 Å². The highest BCUT2D eigenvalue weighted by Crippen LogP contribution is 2.28. The highest BCUT2D eigenvalue weighted by atomic mass is 16.3. The molecule has 0 saturated carbocycles. The summed E-state index contributed by atoms with van der Waals surface area (Å²) in [4.78, 5) is 0. The van der Waals surface area contributed by atoms with Crippen molar-refractivity contribution in [2.75, 3.05) is 0 Å². The molecule has 0 radical (unpaired) electrons. The highest BCUT2D eigenvalue weighted by Gasteiger charge is 2.04. The Morgan fingerprint density at radius 2 is 1.32 bits per heavy atom. The molecule has 1 heteroatoms. The molecule has 3 rings (SSSR count). The van der Waals surface area contributed by atoms with Crippen LogP contribution in [0.25, 0.3) is 10.8 Å². The molecular weight excluding hydrogens is 232 g/mol. The smallest absolute Gasteiger partial charge is 0.123 e. The summed E-state index contributed by atoms with van der Waals surface area (Å²) in [6.45, 7) is 0. The molecule has 0 heterocycles. The summed E-state index contributed by atoms with van der Waals surface area (Å²) in [7, 11) is 0. The van der Waals surface area contributed by atoms with Gasteiger partial charge < -0.3 is 5.11 Å². The first kappa shape index (κ1) is 11.8. The van der Waals surface area contributed by atoms with Gasteiger partial charge in [-0.3, -0.25) is 0 Å². The lowest BCUT2D eigenvalue weighted by atomic mass is 9.98. The molecule has 0 aliphatic heterocycles. The van der Waals surface area contributed by atoms with Gasteiger partial charge in [0.2, 0.25) is 0 Å². The third-order valence-corrected chi connectivity index (χ3v) is 3.52. The van der Waals surface area contributed by atoms with Crippen molar-refractivity contribution in [1.29, 1.82) is 0 Å². The molecule has 1 nitrogen and oxygen atoms in total. The van der Waals surface area contributed by atoms with E-state index in [2.05, 4.69) is 30.3 Å². The topological polar surface area (TPSA) is 20.2 Å². The minimum absolute atomic E-state index is 0.360. The van der Waals surface area contributed by atoms with Crippen LogP contribution < -0.4 is 0 Å². The molecule has 0 saturated heterocycles. The van der Waals surface area contributed by atoms with Crippen LogP contribution in [-0.4, -0.2) is 5.11 Å². The van der Waals surface area contributed by atoms with Gasteiger partial charge in [-0.15, -0.1) is 0 Å². The summed E-state index contributed by atoms with van der Waals surface area (Å²) in [6.07, 6.45) is 2.01. The van der Waals surface area contributed by atoms with E-state index < -0.39 is 0 Å². The van der Waals surface area contributed by atoms with Gasteiger partial charge in [-0.25, -0.2) is 0 Å². The van der Waals surface area contributed by atoms with E-state index in [1.54, 1.807) is 6.07 Å². The fraction of sp³-hybridized carbons (Fsp3) is 0.111. The lowest BCUT2D eigenvalue weighted by molar-refractivity contribution is 0.481. The van der Waals surface area contributed by atoms with Gasteiger partial charge in [0.25, 0.3) is 0 Å². The molecule has 0 aliphatic rings. The lowest BCUT2D eigenvalue weighted by Crippen LogP contribution is -1.92. The average Bonchev–Trinajstić information content (AvgIpc) is 2.48. The summed E-state index contributed by atoms with van der Waals surface area (Å²) >= 11 is 0. The minimum Gasteiger partial charge on any atom is -0.507 e. The summed E-state index contributed by atoms with van der Waals surface area (Å²) in [5.74, 6) is 0.360. The van der Waals surface area contributed by atoms with Gasteiger partial charge in [-0.1, -0.05) is 60.7 Å². The molecule has 0 aromatic heterocycles. The highest BCUT2D eigenvalue weighted by molar-refractivity contribution is 5.90. The van der Waals surface area contributed by atoms with Crippen LogP contribution in [0.2, 0.25) is 0 Å². The van der Waals surface area contributed by atoms with Crippen LogP contribution in [0.1, 0.15) is 11.1 Å². The number of phenols is 1. The van der Waals surface area contributed by atoms with Gasteiger partial charge in [0.05, 0.1) is 0 Å². The Morgan fingerprint density at radius 3 is 2.11 bits per heavy atom. The van der Waals surface area contributed by atoms with Gasteiger partial charge in [0, 0.05) is 5.39 Å². The Balaban J connectivity index is 1.91. The quantitative estimate of drug-likeness (QED) is 0.731. The second-order valence-corrected chi connectivity index (χ2v) is 4.77. The Bertz CT molecular complexity index is 686. The first-order chi connectivity index (χ1) is 9.34. The van der Waals surface area contributed by atoms with E-state index in [0.29, 0.717) is 5.75 Å². The molecule has 0 amide bonds. The predicted octanol–water partition coefficient (Wildman–Crippen LogP) is 4.33. The number of rotatable bonds is 3. The van der Waals surface area contributed by atoms with E-state index in [-0.39, 0.29) is 0 Å². The van der Waals surface area contributed by atoms with Crippen molar-refractivity contribution in [2.24, 2.45) is 0 Å². The first-order valence-electron chi connectivity index (χ1n) is 6.58. The van der Waals surface area contributed by atoms with Crippen molar-refractivity contribution in [3.05, 3.63) is 77.9 Å². The number of hydrogen-bond donors (Lipinski definition) is 1. The van der Waals surface area contributed by atoms with Crippen molar-refractivity contribution in [3.8, 4) is 5.75 Å². The number of benzene rings is 3. The zero-order valence-electron chi connectivity index (χ0n) is 10.7. The van der Waals surface area contributed by atoms with Crippen molar-refractivity contribution >= 4 is 10.8 Å². The van der Waals surface area contributed by atoms with Crippen LogP contribution in [0, 0.1) is 0 Å². The molecule has 19 heavy (non-hydrogen) atoms. The summed E-state index contributed by atoms with van der Waals surface area (Å²) in [6, 6.07) is 22.4. The molecule has 3 aromatic rings. The zero-order valence-corrected chi connectivity index (χ0v) is 10.7. The molecule has 0 atom stereocenters. The maximum absolute atomic E-state index is 9.88. The second kappa shape index (κ2) is 5.15. The van der Waals surface area contributed by atoms with Crippen molar-refractivity contribution in [3.63, 3.8) is 0 Å². The molecule has 0 bridgehead atoms. The molecule has 3 aromatic carbocycles. The number of aryl methyl sites for hydroxylation is 2. The summed E-state index contributed by atoms with van der Waals surface area (Å²) in [5.41, 5.74) is 2.64. The van der Waals surface area contributed by atoms with Crippen LogP contribution in [0.3, 0.4) is 0 Å². The van der Waals surface area contributed by atoms with Gasteiger partial charge >= 0.3 is 0 Å². The number of aromatic hydroxyl groups is 1. The third-order valence-electron chi connectivity index (χ3n) is 3.52. The molecule has 0 spiro atoms. The number of hydrogen-bond acceptors (Lipinski definition) is 1. The number of phenolic OH excluding ortho intramolecular Hbond substituents is 1. The zero-order chi connectivity index (χ0) is 13.1. The standard InChI is InChI=1S/C18H16O/c19-18-13-12-15(16-8-4-5-9-17(16)18)11-10-14-6-2-1-3-7-14/h1-9,12-13,19H,10-11H2. The van der Waals surface area contributed by atoms with Gasteiger partial charge in [0.1, 0.15) is 5.75 Å². The molecule has 1 N–H and O–H groups in total.